The Hall–Kier alpha value is -3.07. The minimum Gasteiger partial charge on any atom is -0.493 e. The van der Waals surface area contributed by atoms with Crippen LogP contribution in [0.1, 0.15) is 12.8 Å². The molecule has 1 fully saturated rings. The van der Waals surface area contributed by atoms with Crippen molar-refractivity contribution < 1.29 is 27.5 Å². The van der Waals surface area contributed by atoms with Gasteiger partial charge in [0.15, 0.2) is 11.5 Å². The number of carbonyl (C=O) groups is 2. The van der Waals surface area contributed by atoms with Gasteiger partial charge in [-0.3, -0.25) is 9.59 Å². The van der Waals surface area contributed by atoms with Crippen molar-refractivity contribution in [1.82, 2.24) is 4.31 Å². The third-order valence-electron chi connectivity index (χ3n) is 4.41. The molecule has 1 aliphatic rings. The number of carbonyl (C=O) groups excluding carboxylic acids is 2. The molecular formula is C19H20N2O6S. The fraction of sp³-hybridized carbons (Fsp3) is 0.263. The van der Waals surface area contributed by atoms with Gasteiger partial charge in [0.25, 0.3) is 10.0 Å². The maximum Gasteiger partial charge on any atom is 0.267 e. The summed E-state index contributed by atoms with van der Waals surface area (Å²) < 4.78 is 36.8. The summed E-state index contributed by atoms with van der Waals surface area (Å²) in [5.41, 5.74) is 0.402. The Morgan fingerprint density at radius 1 is 1.07 bits per heavy atom. The summed E-state index contributed by atoms with van der Waals surface area (Å²) in [7, 11) is -1.16. The number of anilines is 1. The number of rotatable bonds is 6. The molecule has 2 aromatic carbocycles. The Kier molecular flexibility index (Phi) is 5.55. The molecule has 148 valence electrons. The van der Waals surface area contributed by atoms with E-state index in [2.05, 4.69) is 5.32 Å². The Balaban J connectivity index is 1.86. The Morgan fingerprint density at radius 2 is 1.75 bits per heavy atom. The Bertz CT molecular complexity index is 991. The number of ether oxygens (including phenoxy) is 2. The Labute approximate surface area is 163 Å². The lowest BCUT2D eigenvalue weighted by Gasteiger charge is -2.23. The molecule has 28 heavy (non-hydrogen) atoms. The predicted molar refractivity (Wildman–Crippen MR) is 102 cm³/mol. The molecule has 1 heterocycles. The number of hydrogen-bond acceptors (Lipinski definition) is 6. The quantitative estimate of drug-likeness (QED) is 0.790. The molecule has 0 bridgehead atoms. The van der Waals surface area contributed by atoms with Crippen molar-refractivity contribution in [2.45, 2.75) is 23.8 Å². The highest BCUT2D eigenvalue weighted by Gasteiger charge is 2.44. The van der Waals surface area contributed by atoms with Crippen molar-refractivity contribution in [2.75, 3.05) is 19.5 Å². The van der Waals surface area contributed by atoms with Crippen LogP contribution < -0.4 is 14.8 Å². The van der Waals surface area contributed by atoms with E-state index in [0.717, 1.165) is 0 Å². The van der Waals surface area contributed by atoms with E-state index < -0.39 is 27.9 Å². The first kappa shape index (κ1) is 19.7. The highest BCUT2D eigenvalue weighted by molar-refractivity contribution is 7.89. The Morgan fingerprint density at radius 3 is 2.39 bits per heavy atom. The smallest absolute Gasteiger partial charge is 0.267 e. The van der Waals surface area contributed by atoms with Gasteiger partial charge in [-0.1, -0.05) is 18.2 Å². The van der Waals surface area contributed by atoms with Gasteiger partial charge in [0, 0.05) is 18.2 Å². The first-order chi connectivity index (χ1) is 13.4. The number of hydrogen-bond donors (Lipinski definition) is 1. The van der Waals surface area contributed by atoms with E-state index in [4.69, 9.17) is 9.47 Å². The van der Waals surface area contributed by atoms with E-state index in [-0.39, 0.29) is 17.7 Å². The van der Waals surface area contributed by atoms with Crippen LogP contribution in [0.4, 0.5) is 5.69 Å². The molecule has 1 aliphatic heterocycles. The molecule has 8 nitrogen and oxygen atoms in total. The minimum absolute atomic E-state index is 0.0178. The van der Waals surface area contributed by atoms with Gasteiger partial charge in [-0.25, -0.2) is 12.7 Å². The van der Waals surface area contributed by atoms with Gasteiger partial charge in [0.05, 0.1) is 19.1 Å². The largest absolute Gasteiger partial charge is 0.493 e. The lowest BCUT2D eigenvalue weighted by molar-refractivity contribution is -0.128. The van der Waals surface area contributed by atoms with Gasteiger partial charge < -0.3 is 14.8 Å². The molecule has 1 saturated heterocycles. The second-order valence-corrected chi connectivity index (χ2v) is 7.94. The van der Waals surface area contributed by atoms with Crippen LogP contribution in [0.25, 0.3) is 0 Å². The van der Waals surface area contributed by atoms with Gasteiger partial charge in [0.1, 0.15) is 6.04 Å². The van der Waals surface area contributed by atoms with Crippen LogP contribution in [-0.4, -0.2) is 44.8 Å². The van der Waals surface area contributed by atoms with E-state index >= 15 is 0 Å². The average Bonchev–Trinajstić information content (AvgIpc) is 3.11. The van der Waals surface area contributed by atoms with Crippen LogP contribution >= 0.6 is 0 Å². The summed E-state index contributed by atoms with van der Waals surface area (Å²) >= 11 is 0. The van der Waals surface area contributed by atoms with Crippen LogP contribution in [0.2, 0.25) is 0 Å². The predicted octanol–water partition coefficient (Wildman–Crippen LogP) is 2.02. The number of benzene rings is 2. The van der Waals surface area contributed by atoms with Crippen LogP contribution in [0, 0.1) is 0 Å². The molecule has 3 rings (SSSR count). The van der Waals surface area contributed by atoms with Crippen LogP contribution in [-0.2, 0) is 19.6 Å². The maximum absolute atomic E-state index is 12.9. The van der Waals surface area contributed by atoms with E-state index in [1.807, 2.05) is 0 Å². The topological polar surface area (TPSA) is 102 Å². The van der Waals surface area contributed by atoms with Gasteiger partial charge in [-0.15, -0.1) is 0 Å². The first-order valence-corrected chi connectivity index (χ1v) is 9.97. The molecule has 1 atom stereocenters. The third-order valence-corrected chi connectivity index (χ3v) is 6.26. The monoisotopic (exact) mass is 404 g/mol. The highest BCUT2D eigenvalue weighted by atomic mass is 32.2. The SMILES string of the molecule is COc1ccc(NC(=O)C2CCC(=O)N2S(=O)(=O)c2ccccc2)cc1OC. The van der Waals surface area contributed by atoms with Gasteiger partial charge in [-0.05, 0) is 30.7 Å². The molecule has 2 amide bonds. The average molecular weight is 404 g/mol. The van der Waals surface area contributed by atoms with Crippen molar-refractivity contribution in [3.05, 3.63) is 48.5 Å². The number of nitrogens with one attached hydrogen (secondary N) is 1. The van der Waals surface area contributed by atoms with E-state index in [0.29, 0.717) is 21.5 Å². The molecule has 1 N–H and O–H groups in total. The minimum atomic E-state index is -4.12. The normalized spacial score (nSPS) is 16.7. The van der Waals surface area contributed by atoms with Crippen LogP contribution in [0.15, 0.2) is 53.4 Å². The highest BCUT2D eigenvalue weighted by Crippen LogP contribution is 2.31. The zero-order chi connectivity index (χ0) is 20.3. The molecule has 1 unspecified atom stereocenters. The molecule has 2 aromatic rings. The van der Waals surface area contributed by atoms with E-state index in [1.54, 1.807) is 36.4 Å². The molecule has 0 saturated carbocycles. The maximum atomic E-state index is 12.9. The first-order valence-electron chi connectivity index (χ1n) is 8.53. The van der Waals surface area contributed by atoms with Crippen molar-refractivity contribution in [3.8, 4) is 11.5 Å². The summed E-state index contributed by atoms with van der Waals surface area (Å²) in [5.74, 6) is -0.282. The van der Waals surface area contributed by atoms with E-state index in [9.17, 15) is 18.0 Å². The summed E-state index contributed by atoms with van der Waals surface area (Å²) in [6.45, 7) is 0. The molecule has 0 aliphatic carbocycles. The summed E-state index contributed by atoms with van der Waals surface area (Å²) in [4.78, 5) is 25.0. The molecule has 0 aromatic heterocycles. The van der Waals surface area contributed by atoms with Gasteiger partial charge in [-0.2, -0.15) is 0 Å². The fourth-order valence-electron chi connectivity index (χ4n) is 3.05. The standard InChI is InChI=1S/C19H20N2O6S/c1-26-16-10-8-13(12-17(16)27-2)20-19(23)15-9-11-18(22)21(15)28(24,25)14-6-4-3-5-7-14/h3-8,10,12,15H,9,11H2,1-2H3,(H,20,23). The molecule has 9 heteroatoms. The fourth-order valence-corrected chi connectivity index (χ4v) is 4.67. The lowest BCUT2D eigenvalue weighted by Crippen LogP contribution is -2.45. The third kappa shape index (κ3) is 3.65. The second-order valence-electron chi connectivity index (χ2n) is 6.12. The summed E-state index contributed by atoms with van der Waals surface area (Å²) in [6.07, 6.45) is 0.0973. The van der Waals surface area contributed by atoms with Gasteiger partial charge >= 0.3 is 0 Å². The summed E-state index contributed by atoms with van der Waals surface area (Å²) in [6, 6.07) is 11.2. The van der Waals surface area contributed by atoms with Gasteiger partial charge in [0.2, 0.25) is 11.8 Å². The zero-order valence-corrected chi connectivity index (χ0v) is 16.2. The zero-order valence-electron chi connectivity index (χ0n) is 15.4. The number of nitrogens with zero attached hydrogens (tertiary/aromatic N) is 1. The molecular weight excluding hydrogens is 384 g/mol. The van der Waals surface area contributed by atoms with Crippen molar-refractivity contribution >= 4 is 27.5 Å². The van der Waals surface area contributed by atoms with Crippen LogP contribution in [0.5, 0.6) is 11.5 Å². The van der Waals surface area contributed by atoms with E-state index in [1.165, 1.54) is 26.4 Å². The number of methoxy groups -OCH3 is 2. The number of sulfonamides is 1. The van der Waals surface area contributed by atoms with Crippen molar-refractivity contribution in [2.24, 2.45) is 0 Å². The molecule has 0 radical (unpaired) electrons. The van der Waals surface area contributed by atoms with Crippen molar-refractivity contribution in [1.29, 1.82) is 0 Å². The summed E-state index contributed by atoms with van der Waals surface area (Å²) in [5, 5.41) is 2.65. The number of amides is 2. The second kappa shape index (κ2) is 7.89. The molecule has 0 spiro atoms. The lowest BCUT2D eigenvalue weighted by atomic mass is 10.2. The van der Waals surface area contributed by atoms with Crippen molar-refractivity contribution in [3.63, 3.8) is 0 Å². The van der Waals surface area contributed by atoms with Crippen LogP contribution in [0.3, 0.4) is 0 Å².